The Bertz CT molecular complexity index is 1250. The van der Waals surface area contributed by atoms with Crippen LogP contribution in [0.5, 0.6) is 5.75 Å². The number of hydrogen-bond donors (Lipinski definition) is 1. The lowest BCUT2D eigenvalue weighted by atomic mass is 9.76. The number of fused-ring (bicyclic) bond motifs is 4. The molecule has 0 aromatic heterocycles. The molecule has 0 unspecified atom stereocenters. The highest BCUT2D eigenvalue weighted by atomic mass is 79.9. The highest BCUT2D eigenvalue weighted by Gasteiger charge is 2.36. The van der Waals surface area contributed by atoms with Crippen LogP contribution in [0.15, 0.2) is 64.6 Å². The number of rotatable bonds is 3. The molecule has 2 aliphatic rings. The Morgan fingerprint density at radius 3 is 2.87 bits per heavy atom. The normalized spacial score (nSPS) is 17.7. The van der Waals surface area contributed by atoms with Crippen LogP contribution in [0.2, 0.25) is 0 Å². The summed E-state index contributed by atoms with van der Waals surface area (Å²) < 4.78 is 6.77. The minimum Gasteiger partial charge on any atom is -0.481 e. The first-order valence-electron chi connectivity index (χ1n) is 10.1. The smallest absolute Gasteiger partial charge is 0.161 e. The first-order valence-corrected chi connectivity index (χ1v) is 10.9. The van der Waals surface area contributed by atoms with E-state index in [1.165, 1.54) is 10.8 Å². The lowest BCUT2D eigenvalue weighted by Gasteiger charge is -2.35. The van der Waals surface area contributed by atoms with Crippen molar-refractivity contribution >= 4 is 43.7 Å². The summed E-state index contributed by atoms with van der Waals surface area (Å²) in [4.78, 5) is 13.2. The van der Waals surface area contributed by atoms with Crippen molar-refractivity contribution < 1.29 is 9.53 Å². The summed E-state index contributed by atoms with van der Waals surface area (Å²) in [7, 11) is 0. The van der Waals surface area contributed by atoms with Gasteiger partial charge in [0.1, 0.15) is 12.4 Å². The lowest BCUT2D eigenvalue weighted by molar-refractivity contribution is -0.116. The average Bonchev–Trinajstić information content (AvgIpc) is 2.77. The number of hydrogen-bond acceptors (Lipinski definition) is 3. The standard InChI is InChI=1S/C26H20BrNO2/c1-2-14-30-23-13-11-17(27)15-20(23)26-25-19(8-5-9-22(25)29)24-18-7-4-3-6-16(18)10-12-21(24)28-26/h1,3-4,6-7,10-13,15,26,28H,5,8-9,14H2/t26-/m0/s1. The third-order valence-electron chi connectivity index (χ3n) is 5.87. The minimum absolute atomic E-state index is 0.183. The fourth-order valence-corrected chi connectivity index (χ4v) is 5.01. The van der Waals surface area contributed by atoms with Crippen molar-refractivity contribution in [3.05, 3.63) is 75.8 Å². The van der Waals surface area contributed by atoms with Crippen molar-refractivity contribution in [1.29, 1.82) is 0 Å². The van der Waals surface area contributed by atoms with Crippen molar-refractivity contribution in [2.24, 2.45) is 0 Å². The average molecular weight is 458 g/mol. The van der Waals surface area contributed by atoms with E-state index >= 15 is 0 Å². The van der Waals surface area contributed by atoms with Crippen molar-refractivity contribution in [2.45, 2.75) is 25.3 Å². The monoisotopic (exact) mass is 457 g/mol. The lowest BCUT2D eigenvalue weighted by Crippen LogP contribution is -2.27. The molecule has 0 bridgehead atoms. The molecule has 3 nitrogen and oxygen atoms in total. The van der Waals surface area contributed by atoms with Gasteiger partial charge in [-0.05, 0) is 53.5 Å². The van der Waals surface area contributed by atoms with Crippen LogP contribution in [0.1, 0.15) is 36.4 Å². The van der Waals surface area contributed by atoms with Crippen LogP contribution in [0.25, 0.3) is 16.3 Å². The van der Waals surface area contributed by atoms with Gasteiger partial charge >= 0.3 is 0 Å². The van der Waals surface area contributed by atoms with Gasteiger partial charge in [-0.2, -0.15) is 0 Å². The summed E-state index contributed by atoms with van der Waals surface area (Å²) in [6.07, 6.45) is 7.77. The maximum atomic E-state index is 13.2. The van der Waals surface area contributed by atoms with Gasteiger partial charge in [-0.15, -0.1) is 6.42 Å². The number of anilines is 1. The molecule has 1 N–H and O–H groups in total. The molecule has 1 aliphatic heterocycles. The number of carbonyl (C=O) groups excluding carboxylic acids is 1. The Kier molecular flexibility index (Phi) is 4.84. The van der Waals surface area contributed by atoms with Crippen LogP contribution in [0, 0.1) is 12.3 Å². The number of ketones is 1. The Morgan fingerprint density at radius 1 is 1.13 bits per heavy atom. The van der Waals surface area contributed by atoms with Crippen LogP contribution in [0.3, 0.4) is 0 Å². The van der Waals surface area contributed by atoms with Gasteiger partial charge in [0.2, 0.25) is 0 Å². The van der Waals surface area contributed by atoms with Crippen molar-refractivity contribution in [1.82, 2.24) is 0 Å². The second-order valence-corrected chi connectivity index (χ2v) is 8.55. The molecule has 0 radical (unpaired) electrons. The summed E-state index contributed by atoms with van der Waals surface area (Å²) in [5.41, 5.74) is 5.14. The van der Waals surface area contributed by atoms with Crippen LogP contribution in [-0.4, -0.2) is 12.4 Å². The Hall–Kier alpha value is -3.03. The van der Waals surface area contributed by atoms with E-state index in [1.54, 1.807) is 0 Å². The van der Waals surface area contributed by atoms with Gasteiger partial charge in [-0.1, -0.05) is 52.2 Å². The van der Waals surface area contributed by atoms with Crippen molar-refractivity contribution in [3.8, 4) is 18.1 Å². The van der Waals surface area contributed by atoms with Crippen LogP contribution in [-0.2, 0) is 4.79 Å². The number of benzene rings is 3. The maximum Gasteiger partial charge on any atom is 0.161 e. The molecule has 4 heteroatoms. The number of ether oxygens (including phenoxy) is 1. The Labute approximate surface area is 184 Å². The molecule has 0 saturated heterocycles. The molecule has 0 spiro atoms. The zero-order chi connectivity index (χ0) is 20.7. The molecule has 1 atom stereocenters. The number of carbonyl (C=O) groups is 1. The zero-order valence-electron chi connectivity index (χ0n) is 16.4. The highest BCUT2D eigenvalue weighted by Crippen LogP contribution is 2.49. The summed E-state index contributed by atoms with van der Waals surface area (Å²) in [6, 6.07) is 18.2. The van der Waals surface area contributed by atoms with Crippen LogP contribution < -0.4 is 10.1 Å². The van der Waals surface area contributed by atoms with E-state index in [1.807, 2.05) is 24.3 Å². The molecule has 0 saturated carbocycles. The Balaban J connectivity index is 1.75. The number of terminal acetylenes is 1. The molecule has 148 valence electrons. The van der Waals surface area contributed by atoms with Gasteiger partial charge in [-0.3, -0.25) is 4.79 Å². The van der Waals surface area contributed by atoms with E-state index in [-0.39, 0.29) is 18.4 Å². The zero-order valence-corrected chi connectivity index (χ0v) is 18.0. The molecule has 0 fully saturated rings. The quantitative estimate of drug-likeness (QED) is 0.469. The largest absolute Gasteiger partial charge is 0.481 e. The van der Waals surface area contributed by atoms with Crippen molar-refractivity contribution in [3.63, 3.8) is 0 Å². The summed E-state index contributed by atoms with van der Waals surface area (Å²) in [5.74, 6) is 3.43. The fourth-order valence-electron chi connectivity index (χ4n) is 4.63. The van der Waals surface area contributed by atoms with Crippen LogP contribution >= 0.6 is 15.9 Å². The SMILES string of the molecule is C#CCOc1ccc(Br)cc1[C@@H]1Nc2ccc3ccccc3c2C2=C1C(=O)CCC2. The molecule has 1 heterocycles. The maximum absolute atomic E-state index is 13.2. The second kappa shape index (κ2) is 7.66. The third-order valence-corrected chi connectivity index (χ3v) is 6.36. The highest BCUT2D eigenvalue weighted by molar-refractivity contribution is 9.10. The Morgan fingerprint density at radius 2 is 2.00 bits per heavy atom. The molecule has 3 aromatic carbocycles. The van der Waals surface area contributed by atoms with E-state index in [4.69, 9.17) is 11.2 Å². The molecule has 30 heavy (non-hydrogen) atoms. The van der Waals surface area contributed by atoms with Gasteiger partial charge in [0.25, 0.3) is 0 Å². The summed E-state index contributed by atoms with van der Waals surface area (Å²) in [6.45, 7) is 0.183. The number of nitrogens with one attached hydrogen (secondary N) is 1. The van der Waals surface area contributed by atoms with E-state index in [9.17, 15) is 4.79 Å². The predicted octanol–water partition coefficient (Wildman–Crippen LogP) is 6.29. The van der Waals surface area contributed by atoms with Gasteiger partial charge in [-0.25, -0.2) is 0 Å². The first kappa shape index (κ1) is 19.0. The molecule has 1 aliphatic carbocycles. The van der Waals surface area contributed by atoms with Gasteiger partial charge in [0.05, 0.1) is 6.04 Å². The van der Waals surface area contributed by atoms with Gasteiger partial charge in [0, 0.05) is 33.3 Å². The predicted molar refractivity (Wildman–Crippen MR) is 125 cm³/mol. The first-order chi connectivity index (χ1) is 14.7. The van der Waals surface area contributed by atoms with E-state index < -0.39 is 0 Å². The number of halogens is 1. The minimum atomic E-state index is -0.272. The van der Waals surface area contributed by atoms with E-state index in [0.29, 0.717) is 12.2 Å². The van der Waals surface area contributed by atoms with Gasteiger partial charge in [0.15, 0.2) is 5.78 Å². The number of Topliss-reactive ketones (excluding diaryl/α,β-unsaturated/α-hetero) is 1. The molecular formula is C26H20BrNO2. The molecular weight excluding hydrogens is 438 g/mol. The third kappa shape index (κ3) is 3.11. The molecule has 0 amide bonds. The van der Waals surface area contributed by atoms with E-state index in [2.05, 4.69) is 57.5 Å². The number of allylic oxidation sites excluding steroid dienone is 1. The topological polar surface area (TPSA) is 38.3 Å². The van der Waals surface area contributed by atoms with Gasteiger partial charge < -0.3 is 10.1 Å². The van der Waals surface area contributed by atoms with Crippen molar-refractivity contribution in [2.75, 3.05) is 11.9 Å². The second-order valence-electron chi connectivity index (χ2n) is 7.63. The fraction of sp³-hybridized carbons (Fsp3) is 0.192. The van der Waals surface area contributed by atoms with Crippen LogP contribution in [0.4, 0.5) is 5.69 Å². The summed E-state index contributed by atoms with van der Waals surface area (Å²) in [5, 5.41) is 6.01. The summed E-state index contributed by atoms with van der Waals surface area (Å²) >= 11 is 3.57. The molecule has 5 rings (SSSR count). The molecule has 3 aromatic rings. The van der Waals surface area contributed by atoms with E-state index in [0.717, 1.165) is 45.3 Å².